The van der Waals surface area contributed by atoms with Gasteiger partial charge in [0.1, 0.15) is 0 Å². The minimum absolute atomic E-state index is 1.07. The first-order chi connectivity index (χ1) is 11.7. The predicted molar refractivity (Wildman–Crippen MR) is 103 cm³/mol. The van der Waals surface area contributed by atoms with Crippen LogP contribution >= 0.6 is 0 Å². The van der Waals surface area contributed by atoms with Crippen LogP contribution in [0, 0.1) is 6.92 Å². The standard InChI is InChI=1S/C23H23N/c1-3-18-6-13-22(14-7-18)24(21-11-4-17(2)5-12-21)23-15-10-19-8-9-20(19)16-23/h4-7,10-16H,3,8-9H2,1-2H3. The Kier molecular flexibility index (Phi) is 3.86. The highest BCUT2D eigenvalue weighted by atomic mass is 15.1. The summed E-state index contributed by atoms with van der Waals surface area (Å²) in [6, 6.07) is 24.6. The fourth-order valence-corrected chi connectivity index (χ4v) is 3.34. The lowest BCUT2D eigenvalue weighted by molar-refractivity contribution is 0.839. The van der Waals surface area contributed by atoms with Crippen LogP contribution in [0.1, 0.15) is 29.2 Å². The highest BCUT2D eigenvalue weighted by Crippen LogP contribution is 2.37. The Hall–Kier alpha value is -2.54. The molecule has 4 rings (SSSR count). The summed E-state index contributed by atoms with van der Waals surface area (Å²) in [6.45, 7) is 4.33. The van der Waals surface area contributed by atoms with Gasteiger partial charge in [0.25, 0.3) is 0 Å². The Morgan fingerprint density at radius 2 is 1.29 bits per heavy atom. The molecule has 3 aromatic rings. The first-order valence-electron chi connectivity index (χ1n) is 8.82. The molecule has 0 saturated heterocycles. The van der Waals surface area contributed by atoms with Crippen LogP contribution in [0.5, 0.6) is 0 Å². The molecule has 1 nitrogen and oxygen atoms in total. The van der Waals surface area contributed by atoms with Gasteiger partial charge in [-0.05, 0) is 79.3 Å². The molecule has 1 aliphatic carbocycles. The lowest BCUT2D eigenvalue weighted by Gasteiger charge is -2.28. The lowest BCUT2D eigenvalue weighted by atomic mass is 9.88. The van der Waals surface area contributed by atoms with E-state index >= 15 is 0 Å². The Bertz CT molecular complexity index is 844. The molecule has 0 bridgehead atoms. The molecule has 0 heterocycles. The Morgan fingerprint density at radius 3 is 1.83 bits per heavy atom. The topological polar surface area (TPSA) is 3.24 Å². The van der Waals surface area contributed by atoms with Gasteiger partial charge in [-0.3, -0.25) is 0 Å². The van der Waals surface area contributed by atoms with Crippen molar-refractivity contribution < 1.29 is 0 Å². The summed E-state index contributed by atoms with van der Waals surface area (Å²) in [7, 11) is 0. The average Bonchev–Trinajstić information content (AvgIpc) is 2.59. The first kappa shape index (κ1) is 15.0. The van der Waals surface area contributed by atoms with Crippen LogP contribution in [-0.2, 0) is 19.3 Å². The number of fused-ring (bicyclic) bond motifs is 1. The number of aryl methyl sites for hydroxylation is 4. The van der Waals surface area contributed by atoms with Crippen molar-refractivity contribution in [2.45, 2.75) is 33.1 Å². The van der Waals surface area contributed by atoms with Gasteiger partial charge in [0, 0.05) is 17.1 Å². The number of anilines is 3. The Labute approximate surface area is 144 Å². The van der Waals surface area contributed by atoms with Crippen LogP contribution in [0.3, 0.4) is 0 Å². The second kappa shape index (κ2) is 6.16. The summed E-state index contributed by atoms with van der Waals surface area (Å²) in [6.07, 6.45) is 3.51. The van der Waals surface area contributed by atoms with Crippen LogP contribution in [0.2, 0.25) is 0 Å². The summed E-state index contributed by atoms with van der Waals surface area (Å²) in [5.74, 6) is 0. The smallest absolute Gasteiger partial charge is 0.0464 e. The number of nitrogens with zero attached hydrogens (tertiary/aromatic N) is 1. The highest BCUT2D eigenvalue weighted by Gasteiger charge is 2.17. The van der Waals surface area contributed by atoms with E-state index in [4.69, 9.17) is 0 Å². The van der Waals surface area contributed by atoms with Gasteiger partial charge in [-0.15, -0.1) is 0 Å². The van der Waals surface area contributed by atoms with E-state index in [9.17, 15) is 0 Å². The average molecular weight is 313 g/mol. The molecule has 0 saturated carbocycles. The molecule has 1 heteroatoms. The number of hydrogen-bond donors (Lipinski definition) is 0. The molecule has 120 valence electrons. The van der Waals surface area contributed by atoms with Crippen LogP contribution in [0.25, 0.3) is 0 Å². The van der Waals surface area contributed by atoms with Crippen LogP contribution in [0.15, 0.2) is 66.7 Å². The van der Waals surface area contributed by atoms with E-state index in [1.807, 2.05) is 0 Å². The minimum Gasteiger partial charge on any atom is -0.310 e. The lowest BCUT2D eigenvalue weighted by Crippen LogP contribution is -2.13. The number of rotatable bonds is 4. The summed E-state index contributed by atoms with van der Waals surface area (Å²) < 4.78 is 0. The second-order valence-electron chi connectivity index (χ2n) is 6.64. The third-order valence-corrected chi connectivity index (χ3v) is 5.01. The van der Waals surface area contributed by atoms with Crippen molar-refractivity contribution in [2.75, 3.05) is 4.90 Å². The van der Waals surface area contributed by atoms with Crippen molar-refractivity contribution in [1.29, 1.82) is 0 Å². The largest absolute Gasteiger partial charge is 0.310 e. The highest BCUT2D eigenvalue weighted by molar-refractivity contribution is 5.77. The molecule has 0 atom stereocenters. The quantitative estimate of drug-likeness (QED) is 0.560. The molecule has 1 aliphatic rings. The molecular weight excluding hydrogens is 290 g/mol. The SMILES string of the molecule is CCc1ccc(N(c2ccc(C)cc2)c2ccc3c(c2)CC3)cc1. The molecule has 0 N–H and O–H groups in total. The van der Waals surface area contributed by atoms with Crippen LogP contribution in [0.4, 0.5) is 17.1 Å². The van der Waals surface area contributed by atoms with Crippen molar-refractivity contribution in [1.82, 2.24) is 0 Å². The van der Waals surface area contributed by atoms with Crippen molar-refractivity contribution in [3.8, 4) is 0 Å². The van der Waals surface area contributed by atoms with Gasteiger partial charge < -0.3 is 4.90 Å². The van der Waals surface area contributed by atoms with E-state index < -0.39 is 0 Å². The van der Waals surface area contributed by atoms with Gasteiger partial charge in [-0.2, -0.15) is 0 Å². The van der Waals surface area contributed by atoms with E-state index in [0.29, 0.717) is 0 Å². The fraction of sp³-hybridized carbons (Fsp3) is 0.217. The van der Waals surface area contributed by atoms with E-state index in [1.165, 1.54) is 52.2 Å². The monoisotopic (exact) mass is 313 g/mol. The molecule has 0 aliphatic heterocycles. The van der Waals surface area contributed by atoms with Gasteiger partial charge in [0.05, 0.1) is 0 Å². The fourth-order valence-electron chi connectivity index (χ4n) is 3.34. The molecule has 0 amide bonds. The third kappa shape index (κ3) is 2.71. The molecule has 0 radical (unpaired) electrons. The van der Waals surface area contributed by atoms with Crippen molar-refractivity contribution in [3.63, 3.8) is 0 Å². The predicted octanol–water partition coefficient (Wildman–Crippen LogP) is 6.13. The van der Waals surface area contributed by atoms with Gasteiger partial charge >= 0.3 is 0 Å². The zero-order valence-electron chi connectivity index (χ0n) is 14.4. The van der Waals surface area contributed by atoms with Crippen LogP contribution in [-0.4, -0.2) is 0 Å². The normalized spacial score (nSPS) is 12.4. The van der Waals surface area contributed by atoms with E-state index in [2.05, 4.69) is 85.5 Å². The third-order valence-electron chi connectivity index (χ3n) is 5.01. The van der Waals surface area contributed by atoms with Crippen LogP contribution < -0.4 is 4.90 Å². The second-order valence-corrected chi connectivity index (χ2v) is 6.64. The van der Waals surface area contributed by atoms with Gasteiger partial charge in [0.2, 0.25) is 0 Å². The van der Waals surface area contributed by atoms with Gasteiger partial charge in [-0.25, -0.2) is 0 Å². The maximum absolute atomic E-state index is 2.36. The summed E-state index contributed by atoms with van der Waals surface area (Å²) in [5.41, 5.74) is 9.34. The first-order valence-corrected chi connectivity index (χ1v) is 8.82. The molecule has 3 aromatic carbocycles. The zero-order chi connectivity index (χ0) is 16.5. The summed E-state index contributed by atoms with van der Waals surface area (Å²) in [4.78, 5) is 2.36. The molecular formula is C23H23N. The Morgan fingerprint density at radius 1 is 0.708 bits per heavy atom. The Balaban J connectivity index is 1.81. The van der Waals surface area contributed by atoms with E-state index in [-0.39, 0.29) is 0 Å². The number of benzene rings is 3. The van der Waals surface area contributed by atoms with Crippen molar-refractivity contribution in [3.05, 3.63) is 89.0 Å². The number of hydrogen-bond acceptors (Lipinski definition) is 1. The zero-order valence-corrected chi connectivity index (χ0v) is 14.4. The van der Waals surface area contributed by atoms with E-state index in [1.54, 1.807) is 0 Å². The summed E-state index contributed by atoms with van der Waals surface area (Å²) >= 11 is 0. The van der Waals surface area contributed by atoms with E-state index in [0.717, 1.165) is 6.42 Å². The van der Waals surface area contributed by atoms with Crippen molar-refractivity contribution >= 4 is 17.1 Å². The molecule has 0 aromatic heterocycles. The maximum atomic E-state index is 2.36. The summed E-state index contributed by atoms with van der Waals surface area (Å²) in [5, 5.41) is 0. The molecule has 24 heavy (non-hydrogen) atoms. The molecule has 0 spiro atoms. The van der Waals surface area contributed by atoms with Crippen molar-refractivity contribution in [2.24, 2.45) is 0 Å². The maximum Gasteiger partial charge on any atom is 0.0464 e. The molecule has 0 fully saturated rings. The molecule has 0 unspecified atom stereocenters. The van der Waals surface area contributed by atoms with Gasteiger partial charge in [0.15, 0.2) is 0 Å². The minimum atomic E-state index is 1.07. The van der Waals surface area contributed by atoms with Gasteiger partial charge in [-0.1, -0.05) is 42.8 Å².